The third-order valence-electron chi connectivity index (χ3n) is 9.61. The first-order valence-corrected chi connectivity index (χ1v) is 17.6. The van der Waals surface area contributed by atoms with Crippen molar-refractivity contribution in [3.8, 4) is 22.3 Å². The van der Waals surface area contributed by atoms with Gasteiger partial charge in [0.15, 0.2) is 0 Å². The zero-order valence-corrected chi connectivity index (χ0v) is 29.4. The molecule has 0 unspecified atom stereocenters. The first kappa shape index (κ1) is 31.3. The lowest BCUT2D eigenvalue weighted by Crippen LogP contribution is -2.00. The van der Waals surface area contributed by atoms with Crippen LogP contribution < -0.4 is 0 Å². The van der Waals surface area contributed by atoms with Crippen LogP contribution in [0.15, 0.2) is 84.9 Å². The van der Waals surface area contributed by atoms with E-state index in [9.17, 15) is 0 Å². The molecule has 4 heteroatoms. The van der Waals surface area contributed by atoms with Crippen molar-refractivity contribution in [2.45, 2.75) is 53.4 Å². The largest absolute Gasteiger partial charge is 0.0827 e. The third kappa shape index (κ3) is 5.06. The summed E-state index contributed by atoms with van der Waals surface area (Å²) in [5.41, 5.74) is 10.5. The number of halogens is 4. The van der Waals surface area contributed by atoms with Crippen LogP contribution in [0.3, 0.4) is 0 Å². The van der Waals surface area contributed by atoms with Gasteiger partial charge < -0.3 is 0 Å². The second kappa shape index (κ2) is 12.4. The zero-order chi connectivity index (χ0) is 32.3. The molecule has 0 heterocycles. The summed E-state index contributed by atoms with van der Waals surface area (Å²) in [4.78, 5) is 0. The highest BCUT2D eigenvalue weighted by molar-refractivity contribution is 6.43. The number of fused-ring (bicyclic) bond motifs is 4. The maximum atomic E-state index is 6.63. The smallest absolute Gasteiger partial charge is 0.0598 e. The fourth-order valence-electron chi connectivity index (χ4n) is 7.37. The molecule has 0 aliphatic rings. The molecule has 0 aliphatic carbocycles. The maximum absolute atomic E-state index is 6.63. The quantitative estimate of drug-likeness (QED) is 0.153. The lowest BCUT2D eigenvalue weighted by molar-refractivity contribution is 1.09. The third-order valence-corrected chi connectivity index (χ3v) is 11.1. The van der Waals surface area contributed by atoms with E-state index >= 15 is 0 Å². The Morgan fingerprint density at radius 3 is 0.804 bits per heavy atom. The molecule has 0 bridgehead atoms. The van der Waals surface area contributed by atoms with E-state index < -0.39 is 0 Å². The Balaban J connectivity index is 1.84. The lowest BCUT2D eigenvalue weighted by atomic mass is 9.79. The number of hydrogen-bond acceptors (Lipinski definition) is 0. The predicted molar refractivity (Wildman–Crippen MR) is 205 cm³/mol. The summed E-state index contributed by atoms with van der Waals surface area (Å²) in [5.74, 6) is 0. The summed E-state index contributed by atoms with van der Waals surface area (Å²) in [5, 5.41) is 11.3. The normalized spacial score (nSPS) is 11.8. The molecule has 7 rings (SSSR count). The molecule has 0 saturated heterocycles. The molecular weight excluding hydrogens is 646 g/mol. The zero-order valence-electron chi connectivity index (χ0n) is 26.4. The molecule has 0 fully saturated rings. The van der Waals surface area contributed by atoms with Gasteiger partial charge >= 0.3 is 0 Å². The highest BCUT2D eigenvalue weighted by atomic mass is 35.5. The summed E-state index contributed by atoms with van der Waals surface area (Å²) in [6, 6.07) is 30.8. The van der Waals surface area contributed by atoms with Crippen LogP contribution in [-0.4, -0.2) is 0 Å². The minimum absolute atomic E-state index is 0.557. The second-order valence-corrected chi connectivity index (χ2v) is 13.7. The van der Waals surface area contributed by atoms with Gasteiger partial charge in [-0.15, -0.1) is 0 Å². The maximum Gasteiger partial charge on any atom is 0.0598 e. The summed E-state index contributed by atoms with van der Waals surface area (Å²) >= 11 is 26.5. The minimum atomic E-state index is 0.557. The van der Waals surface area contributed by atoms with Crippen LogP contribution >= 0.6 is 46.4 Å². The van der Waals surface area contributed by atoms with Gasteiger partial charge in [-0.05, 0) is 162 Å². The van der Waals surface area contributed by atoms with E-state index in [2.05, 4.69) is 88.4 Å². The first-order valence-electron chi connectivity index (χ1n) is 16.1. The lowest BCUT2D eigenvalue weighted by Gasteiger charge is -2.24. The van der Waals surface area contributed by atoms with E-state index in [1.807, 2.05) is 24.3 Å². The molecule has 0 aromatic heterocycles. The van der Waals surface area contributed by atoms with Gasteiger partial charge in [-0.3, -0.25) is 0 Å². The van der Waals surface area contributed by atoms with Crippen LogP contribution in [0.25, 0.3) is 65.3 Å². The Labute approximate surface area is 290 Å². The highest BCUT2D eigenvalue weighted by Gasteiger charge is 2.24. The Hall–Kier alpha value is -3.26. The van der Waals surface area contributed by atoms with E-state index in [-0.39, 0.29) is 0 Å². The molecule has 0 aliphatic heterocycles. The SMILES string of the molecule is CCc1cccc(CC)c1-c1c2cc3cc(Cl)c(Cl)cc3cc2c(-c2c(CC)cccc2CC)c2cc3cc(Cl)c(Cl)cc3cc12. The van der Waals surface area contributed by atoms with Crippen molar-refractivity contribution < 1.29 is 0 Å². The monoisotopic (exact) mass is 678 g/mol. The average Bonchev–Trinajstić information content (AvgIpc) is 3.06. The Bertz CT molecular complexity index is 2030. The summed E-state index contributed by atoms with van der Waals surface area (Å²) in [6.45, 7) is 8.99. The molecule has 7 aromatic carbocycles. The van der Waals surface area contributed by atoms with Crippen LogP contribution in [0.4, 0.5) is 0 Å². The van der Waals surface area contributed by atoms with E-state index in [1.165, 1.54) is 66.1 Å². The van der Waals surface area contributed by atoms with Gasteiger partial charge in [-0.25, -0.2) is 0 Å². The molecule has 7 aromatic rings. The second-order valence-electron chi connectivity index (χ2n) is 12.1. The van der Waals surface area contributed by atoms with E-state index in [4.69, 9.17) is 46.4 Å². The Morgan fingerprint density at radius 2 is 0.587 bits per heavy atom. The van der Waals surface area contributed by atoms with Gasteiger partial charge in [0.25, 0.3) is 0 Å². The van der Waals surface area contributed by atoms with Gasteiger partial charge in [0.1, 0.15) is 0 Å². The molecule has 0 N–H and O–H groups in total. The first-order chi connectivity index (χ1) is 22.3. The Morgan fingerprint density at radius 1 is 0.348 bits per heavy atom. The van der Waals surface area contributed by atoms with Gasteiger partial charge in [-0.1, -0.05) is 110 Å². The fraction of sp³-hybridized carbons (Fsp3) is 0.190. The van der Waals surface area contributed by atoms with Crippen LogP contribution in [0.2, 0.25) is 20.1 Å². The standard InChI is InChI=1S/C42H34Cl4/c1-5-23-11-9-12-24(6-2)39(23)41-31-15-27-19-35(43)37(45)21-29(27)17-33(31)42(40-25(7-3)13-10-14-26(40)8-4)34-18-30-22-38(46)36(44)20-28(30)16-32(34)41/h9-22H,5-8H2,1-4H3. The highest BCUT2D eigenvalue weighted by Crippen LogP contribution is 2.50. The topological polar surface area (TPSA) is 0 Å². The van der Waals surface area contributed by atoms with Crippen molar-refractivity contribution in [2.75, 3.05) is 0 Å². The molecule has 0 radical (unpaired) electrons. The van der Waals surface area contributed by atoms with Crippen molar-refractivity contribution in [1.29, 1.82) is 0 Å². The van der Waals surface area contributed by atoms with Crippen molar-refractivity contribution in [1.82, 2.24) is 0 Å². The van der Waals surface area contributed by atoms with Crippen LogP contribution in [0.1, 0.15) is 49.9 Å². The Kier molecular flexibility index (Phi) is 8.45. The molecule has 0 nitrogen and oxygen atoms in total. The molecule has 0 atom stereocenters. The van der Waals surface area contributed by atoms with Gasteiger partial charge in [-0.2, -0.15) is 0 Å². The number of aryl methyl sites for hydroxylation is 4. The van der Waals surface area contributed by atoms with E-state index in [0.717, 1.165) is 47.2 Å². The molecule has 0 saturated carbocycles. The number of rotatable bonds is 6. The summed E-state index contributed by atoms with van der Waals surface area (Å²) < 4.78 is 0. The minimum Gasteiger partial charge on any atom is -0.0827 e. The van der Waals surface area contributed by atoms with Crippen molar-refractivity contribution in [3.63, 3.8) is 0 Å². The van der Waals surface area contributed by atoms with E-state index in [1.54, 1.807) is 0 Å². The molecule has 230 valence electrons. The molecule has 0 spiro atoms. The van der Waals surface area contributed by atoms with Crippen LogP contribution in [-0.2, 0) is 25.7 Å². The van der Waals surface area contributed by atoms with Crippen LogP contribution in [0.5, 0.6) is 0 Å². The fourth-order valence-corrected chi connectivity index (χ4v) is 8.06. The summed E-state index contributed by atoms with van der Waals surface area (Å²) in [7, 11) is 0. The van der Waals surface area contributed by atoms with E-state index in [0.29, 0.717) is 20.1 Å². The molecular formula is C42H34Cl4. The van der Waals surface area contributed by atoms with Crippen LogP contribution in [0, 0.1) is 0 Å². The average molecular weight is 681 g/mol. The molecule has 46 heavy (non-hydrogen) atoms. The van der Waals surface area contributed by atoms with Gasteiger partial charge in [0, 0.05) is 0 Å². The van der Waals surface area contributed by atoms with Crippen molar-refractivity contribution in [2.24, 2.45) is 0 Å². The predicted octanol–water partition coefficient (Wildman–Crippen LogP) is 14.5. The van der Waals surface area contributed by atoms with Gasteiger partial charge in [0.05, 0.1) is 20.1 Å². The summed E-state index contributed by atoms with van der Waals surface area (Å²) in [6.07, 6.45) is 3.71. The van der Waals surface area contributed by atoms with Crippen molar-refractivity contribution >= 4 is 89.5 Å². The van der Waals surface area contributed by atoms with Gasteiger partial charge in [0.2, 0.25) is 0 Å². The molecule has 0 amide bonds. The number of benzene rings is 7. The number of hydrogen-bond donors (Lipinski definition) is 0. The van der Waals surface area contributed by atoms with Crippen molar-refractivity contribution in [3.05, 3.63) is 127 Å².